The van der Waals surface area contributed by atoms with Gasteiger partial charge in [0.25, 0.3) is 0 Å². The number of halogens is 1. The molecule has 2 rings (SSSR count). The van der Waals surface area contributed by atoms with E-state index in [1.54, 1.807) is 0 Å². The number of hydrogen-bond acceptors (Lipinski definition) is 2. The van der Waals surface area contributed by atoms with E-state index >= 15 is 0 Å². The number of rotatable bonds is 5. The topological polar surface area (TPSA) is 32.3 Å². The lowest BCUT2D eigenvalue weighted by molar-refractivity contribution is 0.130. The molecule has 2 N–H and O–H groups in total. The number of hydrogen-bond donors (Lipinski definition) is 2. The van der Waals surface area contributed by atoms with Crippen LogP contribution in [0.2, 0.25) is 0 Å². The monoisotopic (exact) mass is 291 g/mol. The molecular formula is C17H22ClNO. The molecule has 0 radical (unpaired) electrons. The molecule has 0 aliphatic carbocycles. The molecule has 108 valence electrons. The molecule has 0 unspecified atom stereocenters. The third-order valence-corrected chi connectivity index (χ3v) is 3.43. The van der Waals surface area contributed by atoms with Gasteiger partial charge < -0.3 is 10.4 Å². The van der Waals surface area contributed by atoms with Crippen LogP contribution >= 0.6 is 12.4 Å². The summed E-state index contributed by atoms with van der Waals surface area (Å²) in [5, 5.41) is 13.8. The average molecular weight is 292 g/mol. The maximum atomic E-state index is 10.3. The lowest BCUT2D eigenvalue weighted by Gasteiger charge is -2.25. The normalized spacial score (nSPS) is 14.9. The number of nitrogens with one attached hydrogen (secondary N) is 1. The van der Waals surface area contributed by atoms with Crippen LogP contribution in [0.5, 0.6) is 0 Å². The third kappa shape index (κ3) is 4.34. The second-order valence-corrected chi connectivity index (χ2v) is 4.94. The van der Waals surface area contributed by atoms with Crippen molar-refractivity contribution >= 4 is 12.4 Å². The zero-order valence-electron chi connectivity index (χ0n) is 11.9. The van der Waals surface area contributed by atoms with Gasteiger partial charge in [-0.25, -0.2) is 0 Å². The van der Waals surface area contributed by atoms with Gasteiger partial charge in [-0.3, -0.25) is 0 Å². The maximum Gasteiger partial charge on any atom is 0.0940 e. The zero-order valence-corrected chi connectivity index (χ0v) is 12.7. The minimum absolute atomic E-state index is 0. The van der Waals surface area contributed by atoms with E-state index in [2.05, 4.69) is 24.4 Å². The fraction of sp³-hybridized carbons (Fsp3) is 0.294. The van der Waals surface area contributed by atoms with Crippen molar-refractivity contribution in [1.29, 1.82) is 0 Å². The van der Waals surface area contributed by atoms with Gasteiger partial charge in [0, 0.05) is 12.1 Å². The molecule has 0 aromatic heterocycles. The average Bonchev–Trinajstić information content (AvgIpc) is 2.48. The Morgan fingerprint density at radius 3 is 1.75 bits per heavy atom. The molecule has 3 heteroatoms. The maximum absolute atomic E-state index is 10.3. The van der Waals surface area contributed by atoms with Crippen LogP contribution in [0, 0.1) is 0 Å². The minimum Gasteiger partial charge on any atom is -0.387 e. The van der Waals surface area contributed by atoms with Crippen LogP contribution in [0.4, 0.5) is 0 Å². The van der Waals surface area contributed by atoms with Gasteiger partial charge in [-0.2, -0.15) is 0 Å². The molecule has 0 bridgehead atoms. The molecule has 2 aromatic rings. The Labute approximate surface area is 127 Å². The number of benzene rings is 2. The van der Waals surface area contributed by atoms with Gasteiger partial charge in [-0.1, -0.05) is 60.7 Å². The van der Waals surface area contributed by atoms with Crippen LogP contribution in [-0.2, 0) is 0 Å². The summed E-state index contributed by atoms with van der Waals surface area (Å²) >= 11 is 0. The van der Waals surface area contributed by atoms with Crippen molar-refractivity contribution in [3.63, 3.8) is 0 Å². The van der Waals surface area contributed by atoms with Crippen molar-refractivity contribution in [3.8, 4) is 0 Å². The molecule has 0 saturated heterocycles. The molecule has 2 aromatic carbocycles. The van der Waals surface area contributed by atoms with E-state index in [0.717, 1.165) is 5.56 Å². The molecule has 0 amide bonds. The summed E-state index contributed by atoms with van der Waals surface area (Å²) in [6.07, 6.45) is -0.493. The molecule has 3 atom stereocenters. The van der Waals surface area contributed by atoms with Crippen LogP contribution in [0.3, 0.4) is 0 Å². The molecule has 0 heterocycles. The number of aliphatic hydroxyl groups excluding tert-OH is 1. The van der Waals surface area contributed by atoms with Crippen LogP contribution in [0.25, 0.3) is 0 Å². The van der Waals surface area contributed by atoms with Crippen molar-refractivity contribution in [2.75, 3.05) is 0 Å². The molecular weight excluding hydrogens is 270 g/mol. The summed E-state index contributed by atoms with van der Waals surface area (Å²) in [5.41, 5.74) is 2.18. The highest BCUT2D eigenvalue weighted by molar-refractivity contribution is 5.85. The second-order valence-electron chi connectivity index (χ2n) is 4.94. The van der Waals surface area contributed by atoms with E-state index in [9.17, 15) is 5.11 Å². The molecule has 2 nitrogen and oxygen atoms in total. The molecule has 0 saturated carbocycles. The standard InChI is InChI=1S/C17H21NO.ClH/c1-13(15-9-5-3-6-10-15)18-14(2)17(19)16-11-7-4-8-12-16;/h3-14,17-19H,1-2H3;1H/t13-,14+,17+;/m0./s1. The molecule has 20 heavy (non-hydrogen) atoms. The smallest absolute Gasteiger partial charge is 0.0940 e. The summed E-state index contributed by atoms with van der Waals surface area (Å²) < 4.78 is 0. The Morgan fingerprint density at radius 2 is 1.25 bits per heavy atom. The van der Waals surface area contributed by atoms with Crippen molar-refractivity contribution in [3.05, 3.63) is 71.8 Å². The first-order valence-corrected chi connectivity index (χ1v) is 6.72. The highest BCUT2D eigenvalue weighted by Crippen LogP contribution is 2.19. The summed E-state index contributed by atoms with van der Waals surface area (Å²) in [4.78, 5) is 0. The molecule has 0 aliphatic rings. The summed E-state index contributed by atoms with van der Waals surface area (Å²) in [6.45, 7) is 4.13. The first kappa shape index (κ1) is 16.7. The fourth-order valence-corrected chi connectivity index (χ4v) is 2.26. The zero-order chi connectivity index (χ0) is 13.7. The quantitative estimate of drug-likeness (QED) is 0.876. The fourth-order valence-electron chi connectivity index (χ4n) is 2.26. The van der Waals surface area contributed by atoms with Crippen LogP contribution in [0.1, 0.15) is 37.1 Å². The Hall–Kier alpha value is -1.35. The van der Waals surface area contributed by atoms with Crippen molar-refractivity contribution in [2.45, 2.75) is 32.0 Å². The van der Waals surface area contributed by atoms with E-state index in [-0.39, 0.29) is 24.5 Å². The number of aliphatic hydroxyl groups is 1. The predicted molar refractivity (Wildman–Crippen MR) is 86.1 cm³/mol. The van der Waals surface area contributed by atoms with Crippen molar-refractivity contribution in [1.82, 2.24) is 5.32 Å². The Kier molecular flexibility index (Phi) is 6.73. The lowest BCUT2D eigenvalue weighted by Crippen LogP contribution is -2.34. The largest absolute Gasteiger partial charge is 0.387 e. The van der Waals surface area contributed by atoms with E-state index < -0.39 is 6.10 Å². The van der Waals surface area contributed by atoms with Crippen molar-refractivity contribution < 1.29 is 5.11 Å². The first-order valence-electron chi connectivity index (χ1n) is 6.72. The van der Waals surface area contributed by atoms with Gasteiger partial charge in [0.2, 0.25) is 0 Å². The molecule has 0 fully saturated rings. The highest BCUT2D eigenvalue weighted by Gasteiger charge is 2.18. The van der Waals surface area contributed by atoms with E-state index in [4.69, 9.17) is 0 Å². The first-order chi connectivity index (χ1) is 9.18. The van der Waals surface area contributed by atoms with E-state index in [1.807, 2.05) is 55.5 Å². The van der Waals surface area contributed by atoms with Crippen LogP contribution < -0.4 is 5.32 Å². The highest BCUT2D eigenvalue weighted by atomic mass is 35.5. The predicted octanol–water partition coefficient (Wildman–Crippen LogP) is 3.88. The summed E-state index contributed by atoms with van der Waals surface area (Å²) in [6, 6.07) is 20.3. The van der Waals surface area contributed by atoms with Gasteiger partial charge in [0.15, 0.2) is 0 Å². The lowest BCUT2D eigenvalue weighted by atomic mass is 10.0. The minimum atomic E-state index is -0.493. The van der Waals surface area contributed by atoms with Gasteiger partial charge in [-0.15, -0.1) is 12.4 Å². The Bertz CT molecular complexity index is 489. The molecule has 0 aliphatic heterocycles. The van der Waals surface area contributed by atoms with Gasteiger partial charge in [0.1, 0.15) is 0 Å². The Morgan fingerprint density at radius 1 is 0.800 bits per heavy atom. The van der Waals surface area contributed by atoms with Crippen molar-refractivity contribution in [2.24, 2.45) is 0 Å². The van der Waals surface area contributed by atoms with Gasteiger partial charge in [0.05, 0.1) is 6.10 Å². The van der Waals surface area contributed by atoms with Crippen LogP contribution in [-0.4, -0.2) is 11.1 Å². The van der Waals surface area contributed by atoms with Gasteiger partial charge in [-0.05, 0) is 25.0 Å². The third-order valence-electron chi connectivity index (χ3n) is 3.43. The van der Waals surface area contributed by atoms with E-state index in [0.29, 0.717) is 0 Å². The van der Waals surface area contributed by atoms with Gasteiger partial charge >= 0.3 is 0 Å². The Balaban J connectivity index is 0.00000200. The molecule has 0 spiro atoms. The van der Waals surface area contributed by atoms with E-state index in [1.165, 1.54) is 5.56 Å². The second kappa shape index (κ2) is 8.05. The SMILES string of the molecule is C[C@H](N[C@H](C)[C@@H](O)c1ccccc1)c1ccccc1.Cl. The summed E-state index contributed by atoms with van der Waals surface area (Å²) in [5.74, 6) is 0. The van der Waals surface area contributed by atoms with Crippen LogP contribution in [0.15, 0.2) is 60.7 Å². The summed E-state index contributed by atoms with van der Waals surface area (Å²) in [7, 11) is 0.